The molecule has 4 aromatic rings. The summed E-state index contributed by atoms with van der Waals surface area (Å²) in [5.74, 6) is -0.272. The Balaban J connectivity index is 1.66. The van der Waals surface area contributed by atoms with Crippen molar-refractivity contribution in [2.75, 3.05) is 5.32 Å². The van der Waals surface area contributed by atoms with Gasteiger partial charge in [-0.05, 0) is 36.8 Å². The van der Waals surface area contributed by atoms with Gasteiger partial charge in [0.15, 0.2) is 5.16 Å². The Labute approximate surface area is 189 Å². The third-order valence-corrected chi connectivity index (χ3v) is 6.06. The summed E-state index contributed by atoms with van der Waals surface area (Å²) < 4.78 is 1.61. The zero-order chi connectivity index (χ0) is 22.5. The highest BCUT2D eigenvalue weighted by molar-refractivity contribution is 8.00. The number of hydrogen-bond acceptors (Lipinski definition) is 5. The molecule has 1 atom stereocenters. The molecule has 1 unspecified atom stereocenters. The van der Waals surface area contributed by atoms with Crippen LogP contribution in [0.3, 0.4) is 0 Å². The van der Waals surface area contributed by atoms with Gasteiger partial charge in [0.25, 0.3) is 5.56 Å². The highest BCUT2D eigenvalue weighted by Gasteiger charge is 2.20. The molecule has 0 radical (unpaired) electrons. The first-order valence-corrected chi connectivity index (χ1v) is 10.9. The molecule has 1 amide bonds. The Morgan fingerprint density at radius 1 is 1.06 bits per heavy atom. The number of anilines is 1. The van der Waals surface area contributed by atoms with Gasteiger partial charge in [-0.25, -0.2) is 4.98 Å². The number of para-hydroxylation sites is 2. The molecular weight excluding hydrogens is 420 g/mol. The predicted molar refractivity (Wildman–Crippen MR) is 127 cm³/mol. The summed E-state index contributed by atoms with van der Waals surface area (Å²) in [7, 11) is 0. The first-order valence-electron chi connectivity index (χ1n) is 10.1. The van der Waals surface area contributed by atoms with E-state index in [9.17, 15) is 14.9 Å². The van der Waals surface area contributed by atoms with Crippen LogP contribution in [0.1, 0.15) is 18.1 Å². The Bertz CT molecular complexity index is 1380. The molecule has 6 nitrogen and oxygen atoms in total. The molecule has 0 saturated heterocycles. The average molecular weight is 441 g/mol. The number of amides is 1. The van der Waals surface area contributed by atoms with E-state index >= 15 is 0 Å². The van der Waals surface area contributed by atoms with E-state index in [2.05, 4.69) is 16.4 Å². The van der Waals surface area contributed by atoms with E-state index in [1.54, 1.807) is 47.9 Å². The number of benzene rings is 3. The minimum absolute atomic E-state index is 0.149. The molecule has 4 rings (SSSR count). The van der Waals surface area contributed by atoms with Gasteiger partial charge in [-0.2, -0.15) is 5.26 Å². The number of carbonyl (C=O) groups excluding carboxylic acids is 1. The SMILES string of the molecule is CC(Sc1nc2ccccc2c(=O)n1Cc1ccccc1)C(=O)Nc1ccccc1C#N. The highest BCUT2D eigenvalue weighted by atomic mass is 32.2. The minimum atomic E-state index is -0.545. The van der Waals surface area contributed by atoms with Crippen molar-refractivity contribution in [3.63, 3.8) is 0 Å². The number of carbonyl (C=O) groups is 1. The van der Waals surface area contributed by atoms with Crippen molar-refractivity contribution in [1.29, 1.82) is 5.26 Å². The Morgan fingerprint density at radius 3 is 2.53 bits per heavy atom. The monoisotopic (exact) mass is 440 g/mol. The molecule has 0 spiro atoms. The van der Waals surface area contributed by atoms with Crippen molar-refractivity contribution in [2.45, 2.75) is 23.9 Å². The maximum Gasteiger partial charge on any atom is 0.262 e. The maximum absolute atomic E-state index is 13.3. The van der Waals surface area contributed by atoms with Gasteiger partial charge in [0, 0.05) is 0 Å². The summed E-state index contributed by atoms with van der Waals surface area (Å²) in [6, 6.07) is 25.8. The number of thioether (sulfide) groups is 1. The van der Waals surface area contributed by atoms with Crippen LogP contribution in [0.15, 0.2) is 88.8 Å². The van der Waals surface area contributed by atoms with Gasteiger partial charge in [-0.15, -0.1) is 0 Å². The van der Waals surface area contributed by atoms with Crippen LogP contribution in [-0.2, 0) is 11.3 Å². The quantitative estimate of drug-likeness (QED) is 0.354. The molecule has 0 aliphatic rings. The van der Waals surface area contributed by atoms with E-state index in [4.69, 9.17) is 0 Å². The number of nitriles is 1. The summed E-state index contributed by atoms with van der Waals surface area (Å²) in [6.07, 6.45) is 0. The number of aromatic nitrogens is 2. The van der Waals surface area contributed by atoms with Gasteiger partial charge >= 0.3 is 0 Å². The fraction of sp³-hybridized carbons (Fsp3) is 0.120. The van der Waals surface area contributed by atoms with E-state index in [0.29, 0.717) is 33.9 Å². The van der Waals surface area contributed by atoms with E-state index in [1.807, 2.05) is 42.5 Å². The van der Waals surface area contributed by atoms with Gasteiger partial charge in [0.1, 0.15) is 6.07 Å². The largest absolute Gasteiger partial charge is 0.324 e. The second-order valence-corrected chi connectivity index (χ2v) is 8.50. The lowest BCUT2D eigenvalue weighted by molar-refractivity contribution is -0.115. The predicted octanol–water partition coefficient (Wildman–Crippen LogP) is 4.44. The van der Waals surface area contributed by atoms with Gasteiger partial charge in [0.05, 0.1) is 33.9 Å². The summed E-state index contributed by atoms with van der Waals surface area (Å²) >= 11 is 1.22. The van der Waals surface area contributed by atoms with Crippen LogP contribution in [0, 0.1) is 11.3 Å². The summed E-state index contributed by atoms with van der Waals surface area (Å²) in [6.45, 7) is 2.11. The minimum Gasteiger partial charge on any atom is -0.324 e. The molecule has 0 aliphatic carbocycles. The Morgan fingerprint density at radius 2 is 1.75 bits per heavy atom. The number of fused-ring (bicyclic) bond motifs is 1. The van der Waals surface area contributed by atoms with Crippen LogP contribution in [0.5, 0.6) is 0 Å². The van der Waals surface area contributed by atoms with E-state index < -0.39 is 5.25 Å². The second-order valence-electron chi connectivity index (χ2n) is 7.20. The van der Waals surface area contributed by atoms with Crippen LogP contribution < -0.4 is 10.9 Å². The first-order chi connectivity index (χ1) is 15.6. The van der Waals surface area contributed by atoms with Crippen molar-refractivity contribution in [3.8, 4) is 6.07 Å². The molecule has 1 N–H and O–H groups in total. The third-order valence-electron chi connectivity index (χ3n) is 4.97. The summed E-state index contributed by atoms with van der Waals surface area (Å²) in [5, 5.41) is 12.5. The van der Waals surface area contributed by atoms with Gasteiger partial charge in [-0.1, -0.05) is 66.4 Å². The fourth-order valence-electron chi connectivity index (χ4n) is 3.28. The molecule has 1 aromatic heterocycles. The second kappa shape index (κ2) is 9.50. The lowest BCUT2D eigenvalue weighted by atomic mass is 10.2. The van der Waals surface area contributed by atoms with Gasteiger partial charge in [-0.3, -0.25) is 14.2 Å². The highest BCUT2D eigenvalue weighted by Crippen LogP contribution is 2.25. The molecule has 0 saturated carbocycles. The molecule has 32 heavy (non-hydrogen) atoms. The topological polar surface area (TPSA) is 87.8 Å². The molecule has 158 valence electrons. The van der Waals surface area contributed by atoms with Gasteiger partial charge < -0.3 is 5.32 Å². The molecule has 0 bridgehead atoms. The lowest BCUT2D eigenvalue weighted by Crippen LogP contribution is -2.27. The average Bonchev–Trinajstić information content (AvgIpc) is 2.82. The number of rotatable bonds is 6. The van der Waals surface area contributed by atoms with Crippen LogP contribution >= 0.6 is 11.8 Å². The van der Waals surface area contributed by atoms with E-state index in [-0.39, 0.29) is 11.5 Å². The first kappa shape index (κ1) is 21.3. The molecule has 1 heterocycles. The zero-order valence-electron chi connectivity index (χ0n) is 17.4. The summed E-state index contributed by atoms with van der Waals surface area (Å²) in [4.78, 5) is 30.8. The number of nitrogens with zero attached hydrogens (tertiary/aromatic N) is 3. The maximum atomic E-state index is 13.3. The lowest BCUT2D eigenvalue weighted by Gasteiger charge is -2.17. The molecule has 0 fully saturated rings. The smallest absolute Gasteiger partial charge is 0.262 e. The normalized spacial score (nSPS) is 11.6. The number of nitrogens with one attached hydrogen (secondary N) is 1. The van der Waals surface area contributed by atoms with E-state index in [0.717, 1.165) is 5.56 Å². The van der Waals surface area contributed by atoms with Crippen molar-refractivity contribution < 1.29 is 4.79 Å². The van der Waals surface area contributed by atoms with Gasteiger partial charge in [0.2, 0.25) is 5.91 Å². The third kappa shape index (κ3) is 4.56. The number of hydrogen-bond donors (Lipinski definition) is 1. The molecular formula is C25H20N4O2S. The Kier molecular flexibility index (Phi) is 6.34. The van der Waals surface area contributed by atoms with E-state index in [1.165, 1.54) is 11.8 Å². The van der Waals surface area contributed by atoms with Crippen molar-refractivity contribution in [3.05, 3.63) is 100 Å². The molecule has 0 aliphatic heterocycles. The Hall–Kier alpha value is -3.89. The zero-order valence-corrected chi connectivity index (χ0v) is 18.2. The molecule has 3 aromatic carbocycles. The van der Waals surface area contributed by atoms with Crippen molar-refractivity contribution in [1.82, 2.24) is 9.55 Å². The van der Waals surface area contributed by atoms with Crippen LogP contribution in [0.4, 0.5) is 5.69 Å². The summed E-state index contributed by atoms with van der Waals surface area (Å²) in [5.41, 5.74) is 2.26. The fourth-order valence-corrected chi connectivity index (χ4v) is 4.19. The van der Waals surface area contributed by atoms with Crippen LogP contribution in [0.25, 0.3) is 10.9 Å². The van der Waals surface area contributed by atoms with Crippen LogP contribution in [0.2, 0.25) is 0 Å². The van der Waals surface area contributed by atoms with Crippen molar-refractivity contribution in [2.24, 2.45) is 0 Å². The van der Waals surface area contributed by atoms with Crippen LogP contribution in [-0.4, -0.2) is 20.7 Å². The van der Waals surface area contributed by atoms with Crippen molar-refractivity contribution >= 4 is 34.3 Å². The standard InChI is InChI=1S/C25H20N4O2S/c1-17(23(30)27-21-13-7-5-11-19(21)15-26)32-25-28-22-14-8-6-12-20(22)24(31)29(25)16-18-9-3-2-4-10-18/h2-14,17H,16H2,1H3,(H,27,30). The molecule has 7 heteroatoms.